The number of hydrogen-bond donors (Lipinski definition) is 2. The summed E-state index contributed by atoms with van der Waals surface area (Å²) in [7, 11) is 0. The van der Waals surface area contributed by atoms with Gasteiger partial charge in [0, 0.05) is 5.56 Å². The quantitative estimate of drug-likeness (QED) is 0.696. The first-order valence-corrected chi connectivity index (χ1v) is 6.60. The molecule has 3 rings (SSSR count). The Kier molecular flexibility index (Phi) is 3.10. The molecule has 2 aromatic carbocycles. The molecule has 0 fully saturated rings. The normalized spacial score (nSPS) is 12.8. The summed E-state index contributed by atoms with van der Waals surface area (Å²) >= 11 is 6.35. The molecule has 0 radical (unpaired) electrons. The highest BCUT2D eigenvalue weighted by Crippen LogP contribution is 2.31. The first-order valence-electron chi connectivity index (χ1n) is 6.16. The Morgan fingerprint density at radius 3 is 2.60 bits per heavy atom. The van der Waals surface area contributed by atoms with Gasteiger partial charge in [0.05, 0.1) is 16.4 Å². The summed E-state index contributed by atoms with van der Waals surface area (Å²) in [6.07, 6.45) is 0. The predicted molar refractivity (Wildman–Crippen MR) is 77.8 cm³/mol. The van der Waals surface area contributed by atoms with E-state index < -0.39 is 5.38 Å². The molecule has 0 spiro atoms. The van der Waals surface area contributed by atoms with E-state index in [0.29, 0.717) is 16.6 Å². The van der Waals surface area contributed by atoms with Crippen LogP contribution in [0.2, 0.25) is 0 Å². The van der Waals surface area contributed by atoms with Crippen LogP contribution in [0, 0.1) is 12.7 Å². The third-order valence-electron chi connectivity index (χ3n) is 3.26. The van der Waals surface area contributed by atoms with E-state index in [9.17, 15) is 9.18 Å². The molecule has 102 valence electrons. The Labute approximate surface area is 119 Å². The SMILES string of the molecule is Cc1ccc(C(Cl)c2ccc3[nH]c(=O)[nH]c3c2)c(F)c1. The van der Waals surface area contributed by atoms with Crippen molar-refractivity contribution >= 4 is 22.6 Å². The molecule has 1 atom stereocenters. The highest BCUT2D eigenvalue weighted by atomic mass is 35.5. The van der Waals surface area contributed by atoms with Gasteiger partial charge in [0.25, 0.3) is 0 Å². The van der Waals surface area contributed by atoms with Gasteiger partial charge in [-0.25, -0.2) is 9.18 Å². The number of fused-ring (bicyclic) bond motifs is 1. The number of imidazole rings is 1. The Balaban J connectivity index is 2.06. The van der Waals surface area contributed by atoms with Gasteiger partial charge in [0.1, 0.15) is 5.82 Å². The molecule has 0 amide bonds. The second-order valence-electron chi connectivity index (χ2n) is 4.77. The topological polar surface area (TPSA) is 48.6 Å². The van der Waals surface area contributed by atoms with Crippen molar-refractivity contribution in [2.75, 3.05) is 0 Å². The first kappa shape index (κ1) is 12.9. The summed E-state index contributed by atoms with van der Waals surface area (Å²) in [5.41, 5.74) is 3.09. The van der Waals surface area contributed by atoms with Gasteiger partial charge in [-0.2, -0.15) is 0 Å². The molecular weight excluding hydrogens is 279 g/mol. The predicted octanol–water partition coefficient (Wildman–Crippen LogP) is 3.63. The summed E-state index contributed by atoms with van der Waals surface area (Å²) in [6.45, 7) is 1.83. The second kappa shape index (κ2) is 4.80. The Morgan fingerprint density at radius 1 is 1.10 bits per heavy atom. The third-order valence-corrected chi connectivity index (χ3v) is 3.75. The number of alkyl halides is 1. The number of rotatable bonds is 2. The maximum absolute atomic E-state index is 14.0. The summed E-state index contributed by atoms with van der Waals surface area (Å²) in [5, 5.41) is -0.599. The monoisotopic (exact) mass is 290 g/mol. The molecule has 0 bridgehead atoms. The van der Waals surface area contributed by atoms with Gasteiger partial charge in [-0.1, -0.05) is 18.2 Å². The zero-order chi connectivity index (χ0) is 14.3. The Morgan fingerprint density at radius 2 is 1.85 bits per heavy atom. The van der Waals surface area contributed by atoms with E-state index in [0.717, 1.165) is 11.1 Å². The molecule has 3 aromatic rings. The molecule has 0 saturated heterocycles. The van der Waals surface area contributed by atoms with E-state index >= 15 is 0 Å². The first-order chi connectivity index (χ1) is 9.54. The molecule has 1 aromatic heterocycles. The van der Waals surface area contributed by atoms with E-state index in [1.165, 1.54) is 6.07 Å². The number of aryl methyl sites for hydroxylation is 1. The summed E-state index contributed by atoms with van der Waals surface area (Å²) in [6, 6.07) is 10.3. The van der Waals surface area contributed by atoms with Crippen LogP contribution in [0.15, 0.2) is 41.2 Å². The van der Waals surface area contributed by atoms with Crippen molar-refractivity contribution in [2.45, 2.75) is 12.3 Å². The van der Waals surface area contributed by atoms with Crippen molar-refractivity contribution in [3.8, 4) is 0 Å². The lowest BCUT2D eigenvalue weighted by molar-refractivity contribution is 0.611. The van der Waals surface area contributed by atoms with Crippen LogP contribution in [0.4, 0.5) is 4.39 Å². The Bertz CT molecular complexity index is 837. The fourth-order valence-corrected chi connectivity index (χ4v) is 2.54. The number of benzene rings is 2. The van der Waals surface area contributed by atoms with Crippen molar-refractivity contribution in [1.82, 2.24) is 9.97 Å². The second-order valence-corrected chi connectivity index (χ2v) is 5.21. The smallest absolute Gasteiger partial charge is 0.306 e. The minimum atomic E-state index is -0.599. The third kappa shape index (κ3) is 2.23. The largest absolute Gasteiger partial charge is 0.323 e. The molecule has 0 saturated carbocycles. The zero-order valence-electron chi connectivity index (χ0n) is 10.7. The maximum atomic E-state index is 14.0. The molecule has 0 aliphatic carbocycles. The minimum absolute atomic E-state index is 0.273. The van der Waals surface area contributed by atoms with Crippen LogP contribution in [-0.4, -0.2) is 9.97 Å². The number of H-pyrrole nitrogens is 2. The van der Waals surface area contributed by atoms with Crippen LogP contribution in [-0.2, 0) is 0 Å². The molecular formula is C15H12ClFN2O. The number of halogens is 2. The molecule has 5 heteroatoms. The Hall–Kier alpha value is -2.07. The molecule has 3 nitrogen and oxygen atoms in total. The van der Waals surface area contributed by atoms with Crippen molar-refractivity contribution in [1.29, 1.82) is 0 Å². The zero-order valence-corrected chi connectivity index (χ0v) is 11.5. The van der Waals surface area contributed by atoms with Crippen molar-refractivity contribution in [3.05, 3.63) is 69.4 Å². The number of nitrogens with one attached hydrogen (secondary N) is 2. The van der Waals surface area contributed by atoms with E-state index in [1.54, 1.807) is 24.3 Å². The van der Waals surface area contributed by atoms with Crippen LogP contribution in [0.5, 0.6) is 0 Å². The maximum Gasteiger partial charge on any atom is 0.323 e. The van der Waals surface area contributed by atoms with Gasteiger partial charge in [-0.15, -0.1) is 11.6 Å². The van der Waals surface area contributed by atoms with Crippen LogP contribution in [0.25, 0.3) is 11.0 Å². The standard InChI is InChI=1S/C15H12ClFN2O/c1-8-2-4-10(11(17)6-8)14(16)9-3-5-12-13(7-9)19-15(20)18-12/h2-7,14H,1H3,(H2,18,19,20). The minimum Gasteiger partial charge on any atom is -0.306 e. The van der Waals surface area contributed by atoms with Gasteiger partial charge >= 0.3 is 5.69 Å². The van der Waals surface area contributed by atoms with Gasteiger partial charge in [0.15, 0.2) is 0 Å². The number of aromatic amines is 2. The van der Waals surface area contributed by atoms with E-state index in [1.807, 2.05) is 13.0 Å². The molecule has 2 N–H and O–H groups in total. The van der Waals surface area contributed by atoms with Crippen molar-refractivity contribution < 1.29 is 4.39 Å². The average Bonchev–Trinajstić information content (AvgIpc) is 2.77. The summed E-state index contributed by atoms with van der Waals surface area (Å²) < 4.78 is 14.0. The molecule has 20 heavy (non-hydrogen) atoms. The van der Waals surface area contributed by atoms with Gasteiger partial charge < -0.3 is 9.97 Å². The van der Waals surface area contributed by atoms with Crippen molar-refractivity contribution in [2.24, 2.45) is 0 Å². The van der Waals surface area contributed by atoms with E-state index in [-0.39, 0.29) is 11.5 Å². The molecule has 0 aliphatic heterocycles. The lowest BCUT2D eigenvalue weighted by Gasteiger charge is -2.12. The van der Waals surface area contributed by atoms with Crippen LogP contribution in [0.1, 0.15) is 22.1 Å². The van der Waals surface area contributed by atoms with Crippen molar-refractivity contribution in [3.63, 3.8) is 0 Å². The average molecular weight is 291 g/mol. The molecule has 0 aliphatic rings. The summed E-state index contributed by atoms with van der Waals surface area (Å²) in [4.78, 5) is 16.5. The highest BCUT2D eigenvalue weighted by Gasteiger charge is 2.16. The van der Waals surface area contributed by atoms with E-state index in [2.05, 4.69) is 9.97 Å². The summed E-state index contributed by atoms with van der Waals surface area (Å²) in [5.74, 6) is -0.326. The number of aromatic nitrogens is 2. The van der Waals surface area contributed by atoms with Crippen LogP contribution >= 0.6 is 11.6 Å². The van der Waals surface area contributed by atoms with E-state index in [4.69, 9.17) is 11.6 Å². The van der Waals surface area contributed by atoms with Gasteiger partial charge in [0.2, 0.25) is 0 Å². The van der Waals surface area contributed by atoms with Gasteiger partial charge in [-0.3, -0.25) is 0 Å². The molecule has 1 heterocycles. The number of hydrogen-bond acceptors (Lipinski definition) is 1. The lowest BCUT2D eigenvalue weighted by atomic mass is 10.0. The van der Waals surface area contributed by atoms with Gasteiger partial charge in [-0.05, 0) is 36.2 Å². The fraction of sp³-hybridized carbons (Fsp3) is 0.133. The van der Waals surface area contributed by atoms with Crippen LogP contribution in [0.3, 0.4) is 0 Å². The van der Waals surface area contributed by atoms with Crippen LogP contribution < -0.4 is 5.69 Å². The highest BCUT2D eigenvalue weighted by molar-refractivity contribution is 6.22. The fourth-order valence-electron chi connectivity index (χ4n) is 2.23. The lowest BCUT2D eigenvalue weighted by Crippen LogP contribution is -1.99. The molecule has 1 unspecified atom stereocenters.